The summed E-state index contributed by atoms with van der Waals surface area (Å²) in [5.41, 5.74) is 8.51. The first kappa shape index (κ1) is 18.3. The van der Waals surface area contributed by atoms with Gasteiger partial charge in [-0.25, -0.2) is 0 Å². The van der Waals surface area contributed by atoms with Gasteiger partial charge in [0.05, 0.1) is 31.0 Å². The van der Waals surface area contributed by atoms with Crippen molar-refractivity contribution in [2.45, 2.75) is 45.4 Å². The lowest BCUT2D eigenvalue weighted by molar-refractivity contribution is -0.0406. The van der Waals surface area contributed by atoms with Gasteiger partial charge in [-0.1, -0.05) is 12.2 Å². The second-order valence-electron chi connectivity index (χ2n) is 7.32. The van der Waals surface area contributed by atoms with E-state index >= 15 is 0 Å². The fourth-order valence-electron chi connectivity index (χ4n) is 3.55. The molecule has 0 amide bonds. The van der Waals surface area contributed by atoms with Crippen LogP contribution in [0.3, 0.4) is 0 Å². The highest BCUT2D eigenvalue weighted by molar-refractivity contribution is 7.71. The molecule has 7 heteroatoms. The van der Waals surface area contributed by atoms with Crippen molar-refractivity contribution in [2.24, 2.45) is 0 Å². The molecule has 2 aliphatic heterocycles. The topological polar surface area (TPSA) is 76.4 Å². The average Bonchev–Trinajstić information content (AvgIpc) is 2.58. The summed E-state index contributed by atoms with van der Waals surface area (Å²) in [6.45, 7) is 9.73. The number of hydrogen-bond acceptors (Lipinski definition) is 6. The van der Waals surface area contributed by atoms with Crippen LogP contribution >= 0.6 is 12.2 Å². The molecule has 3 rings (SSSR count). The third kappa shape index (κ3) is 3.87. The predicted molar refractivity (Wildman–Crippen MR) is 98.8 cm³/mol. The number of morpholine rings is 1. The van der Waals surface area contributed by atoms with E-state index in [1.54, 1.807) is 0 Å². The smallest absolute Gasteiger partial charge is 0.122 e. The Morgan fingerprint density at radius 2 is 1.96 bits per heavy atom. The van der Waals surface area contributed by atoms with Crippen molar-refractivity contribution in [3.8, 4) is 6.07 Å². The molecule has 2 aliphatic rings. The minimum absolute atomic E-state index is 0.296. The molecule has 1 aromatic rings. The number of fused-ring (bicyclic) bond motifs is 1. The zero-order valence-electron chi connectivity index (χ0n) is 15.0. The molecule has 3 heterocycles. The molecule has 0 radical (unpaired) electrons. The molecular weight excluding hydrogens is 336 g/mol. The highest BCUT2D eigenvalue weighted by Crippen LogP contribution is 2.33. The first-order valence-electron chi connectivity index (χ1n) is 8.81. The molecule has 1 saturated heterocycles. The van der Waals surface area contributed by atoms with Gasteiger partial charge >= 0.3 is 0 Å². The number of pyridine rings is 1. The van der Waals surface area contributed by atoms with Crippen LogP contribution in [0.1, 0.15) is 37.0 Å². The van der Waals surface area contributed by atoms with Crippen molar-refractivity contribution in [1.29, 1.82) is 5.26 Å². The number of anilines is 1. The summed E-state index contributed by atoms with van der Waals surface area (Å²) in [6, 6.07) is 2.29. The molecule has 1 fully saturated rings. The molecule has 0 aromatic carbocycles. The molecular formula is C18H26N4O2S. The molecule has 136 valence electrons. The largest absolute Gasteiger partial charge is 0.384 e. The van der Waals surface area contributed by atoms with Crippen molar-refractivity contribution in [1.82, 2.24) is 9.47 Å². The van der Waals surface area contributed by atoms with Crippen LogP contribution in [0.4, 0.5) is 5.82 Å². The summed E-state index contributed by atoms with van der Waals surface area (Å²) in [7, 11) is 0. The van der Waals surface area contributed by atoms with Gasteiger partial charge in [-0.3, -0.25) is 4.90 Å². The Hall–Kier alpha value is -1.46. The van der Waals surface area contributed by atoms with E-state index in [0.717, 1.165) is 50.4 Å². The number of nitrogens with zero attached hydrogens (tertiary/aromatic N) is 3. The first-order chi connectivity index (χ1) is 11.9. The molecule has 6 nitrogen and oxygen atoms in total. The van der Waals surface area contributed by atoms with E-state index in [1.165, 1.54) is 0 Å². The average molecular weight is 362 g/mol. The van der Waals surface area contributed by atoms with Crippen LogP contribution in [0.5, 0.6) is 0 Å². The Bertz CT molecular complexity index is 745. The van der Waals surface area contributed by atoms with Gasteiger partial charge in [0.1, 0.15) is 16.5 Å². The van der Waals surface area contributed by atoms with E-state index in [0.29, 0.717) is 35.6 Å². The first-order valence-corrected chi connectivity index (χ1v) is 9.22. The molecule has 0 unspecified atom stereocenters. The van der Waals surface area contributed by atoms with Crippen LogP contribution in [0.2, 0.25) is 0 Å². The molecule has 0 atom stereocenters. The van der Waals surface area contributed by atoms with Crippen molar-refractivity contribution in [3.05, 3.63) is 21.3 Å². The zero-order chi connectivity index (χ0) is 18.0. The van der Waals surface area contributed by atoms with E-state index in [4.69, 9.17) is 27.4 Å². The Morgan fingerprint density at radius 3 is 2.64 bits per heavy atom. The lowest BCUT2D eigenvalue weighted by atomic mass is 9.89. The minimum atomic E-state index is -0.296. The van der Waals surface area contributed by atoms with Crippen molar-refractivity contribution >= 4 is 18.0 Å². The highest BCUT2D eigenvalue weighted by Gasteiger charge is 2.31. The lowest BCUT2D eigenvalue weighted by Gasteiger charge is -2.33. The highest BCUT2D eigenvalue weighted by atomic mass is 32.1. The second kappa shape index (κ2) is 7.42. The van der Waals surface area contributed by atoms with Crippen LogP contribution in [0, 0.1) is 16.0 Å². The fourth-order valence-corrected chi connectivity index (χ4v) is 3.93. The third-order valence-electron chi connectivity index (χ3n) is 5.00. The lowest BCUT2D eigenvalue weighted by Crippen LogP contribution is -2.37. The maximum Gasteiger partial charge on any atom is 0.122 e. The molecule has 0 saturated carbocycles. The Labute approximate surface area is 154 Å². The van der Waals surface area contributed by atoms with Gasteiger partial charge in [-0.15, -0.1) is 0 Å². The van der Waals surface area contributed by atoms with Gasteiger partial charge < -0.3 is 19.8 Å². The van der Waals surface area contributed by atoms with Gasteiger partial charge in [0.15, 0.2) is 0 Å². The van der Waals surface area contributed by atoms with Crippen molar-refractivity contribution < 1.29 is 9.47 Å². The molecule has 1 aromatic heterocycles. The SMILES string of the molecule is CC1(C)Cc2c(C#N)c(N)n(CCCN3CCOCC3)c(=S)c2CO1. The Morgan fingerprint density at radius 1 is 1.24 bits per heavy atom. The molecule has 0 bridgehead atoms. The second-order valence-corrected chi connectivity index (χ2v) is 7.71. The molecule has 2 N–H and O–H groups in total. The van der Waals surface area contributed by atoms with Gasteiger partial charge in [-0.05, 0) is 25.8 Å². The zero-order valence-corrected chi connectivity index (χ0v) is 15.8. The number of nitriles is 1. The van der Waals surface area contributed by atoms with Crippen LogP contribution in [-0.4, -0.2) is 47.9 Å². The van der Waals surface area contributed by atoms with Crippen LogP contribution < -0.4 is 5.73 Å². The van der Waals surface area contributed by atoms with Gasteiger partial charge in [-0.2, -0.15) is 5.26 Å². The van der Waals surface area contributed by atoms with E-state index in [2.05, 4.69) is 11.0 Å². The predicted octanol–water partition coefficient (Wildman–Crippen LogP) is 2.25. The number of hydrogen-bond donors (Lipinski definition) is 1. The quantitative estimate of drug-likeness (QED) is 0.828. The van der Waals surface area contributed by atoms with Gasteiger partial charge in [0, 0.05) is 38.2 Å². The summed E-state index contributed by atoms with van der Waals surface area (Å²) in [6.07, 6.45) is 1.60. The normalized spacial score (nSPS) is 20.0. The number of aromatic nitrogens is 1. The van der Waals surface area contributed by atoms with Gasteiger partial charge in [0.25, 0.3) is 0 Å². The maximum atomic E-state index is 9.65. The summed E-state index contributed by atoms with van der Waals surface area (Å²) in [4.78, 5) is 2.39. The third-order valence-corrected chi connectivity index (χ3v) is 5.46. The molecule has 0 spiro atoms. The summed E-state index contributed by atoms with van der Waals surface area (Å²) in [5, 5.41) is 9.65. The number of ether oxygens (including phenoxy) is 2. The summed E-state index contributed by atoms with van der Waals surface area (Å²) in [5.74, 6) is 0.492. The maximum absolute atomic E-state index is 9.65. The summed E-state index contributed by atoms with van der Waals surface area (Å²) < 4.78 is 13.9. The number of nitrogen functional groups attached to an aromatic ring is 1. The Balaban J connectivity index is 1.83. The van der Waals surface area contributed by atoms with E-state index in [1.807, 2.05) is 18.4 Å². The fraction of sp³-hybridized carbons (Fsp3) is 0.667. The van der Waals surface area contributed by atoms with Crippen molar-refractivity contribution in [2.75, 3.05) is 38.6 Å². The van der Waals surface area contributed by atoms with Gasteiger partial charge in [0.2, 0.25) is 0 Å². The number of nitrogens with two attached hydrogens (primary N) is 1. The standard InChI is InChI=1S/C18H26N4O2S/c1-18(2)10-13-14(11-19)16(20)22(17(25)15(13)12-24-18)5-3-4-21-6-8-23-9-7-21/h3-10,12,20H2,1-2H3. The van der Waals surface area contributed by atoms with E-state index in [9.17, 15) is 5.26 Å². The van der Waals surface area contributed by atoms with Crippen molar-refractivity contribution in [3.63, 3.8) is 0 Å². The van der Waals surface area contributed by atoms with Crippen LogP contribution in [0.25, 0.3) is 0 Å². The minimum Gasteiger partial charge on any atom is -0.384 e. The Kier molecular flexibility index (Phi) is 5.44. The van der Waals surface area contributed by atoms with E-state index in [-0.39, 0.29) is 5.60 Å². The monoisotopic (exact) mass is 362 g/mol. The summed E-state index contributed by atoms with van der Waals surface area (Å²) >= 11 is 5.68. The molecule has 25 heavy (non-hydrogen) atoms. The molecule has 0 aliphatic carbocycles. The van der Waals surface area contributed by atoms with Crippen LogP contribution in [0.15, 0.2) is 0 Å². The van der Waals surface area contributed by atoms with Crippen LogP contribution in [-0.2, 0) is 29.0 Å². The van der Waals surface area contributed by atoms with E-state index < -0.39 is 0 Å². The number of rotatable bonds is 4.